The van der Waals surface area contributed by atoms with Crippen LogP contribution in [0.2, 0.25) is 5.02 Å². The molecule has 0 radical (unpaired) electrons. The summed E-state index contributed by atoms with van der Waals surface area (Å²) >= 11 is 5.62. The summed E-state index contributed by atoms with van der Waals surface area (Å²) in [6, 6.07) is 4.54. The van der Waals surface area contributed by atoms with E-state index in [1.165, 1.54) is 18.2 Å². The predicted molar refractivity (Wildman–Crippen MR) is 65.8 cm³/mol. The van der Waals surface area contributed by atoms with Crippen molar-refractivity contribution in [1.29, 1.82) is 0 Å². The van der Waals surface area contributed by atoms with Gasteiger partial charge in [0, 0.05) is 23.2 Å². The molecule has 2 nitrogen and oxygen atoms in total. The van der Waals surface area contributed by atoms with Crippen molar-refractivity contribution < 1.29 is 8.60 Å². The van der Waals surface area contributed by atoms with Gasteiger partial charge in [-0.25, -0.2) is 4.39 Å². The van der Waals surface area contributed by atoms with Gasteiger partial charge in [-0.05, 0) is 18.2 Å². The molecule has 16 heavy (non-hydrogen) atoms. The monoisotopic (exact) mass is 263 g/mol. The van der Waals surface area contributed by atoms with Gasteiger partial charge in [-0.1, -0.05) is 25.4 Å². The fourth-order valence-corrected chi connectivity index (χ4v) is 2.43. The second-order valence-electron chi connectivity index (χ2n) is 3.73. The molecule has 1 atom stereocenters. The van der Waals surface area contributed by atoms with E-state index in [0.29, 0.717) is 23.2 Å². The summed E-state index contributed by atoms with van der Waals surface area (Å²) in [6.45, 7) is 4.72. The molecular weight excluding hydrogens is 249 g/mol. The summed E-state index contributed by atoms with van der Waals surface area (Å²) in [4.78, 5) is 0.567. The van der Waals surface area contributed by atoms with Crippen LogP contribution in [0.1, 0.15) is 13.8 Å². The zero-order chi connectivity index (χ0) is 12.1. The number of nitrogens with one attached hydrogen (secondary N) is 1. The molecule has 1 unspecified atom stereocenters. The van der Waals surface area contributed by atoms with Crippen molar-refractivity contribution in [3.8, 4) is 0 Å². The van der Waals surface area contributed by atoms with Crippen molar-refractivity contribution in [3.63, 3.8) is 0 Å². The molecular formula is C11H15ClFNOS. The fourth-order valence-electron chi connectivity index (χ4n) is 1.18. The summed E-state index contributed by atoms with van der Waals surface area (Å²) in [5, 5.41) is 3.19. The highest BCUT2D eigenvalue weighted by Gasteiger charge is 2.07. The zero-order valence-electron chi connectivity index (χ0n) is 9.30. The Kier molecular flexibility index (Phi) is 5.38. The number of hydrogen-bond donors (Lipinski definition) is 1. The Morgan fingerprint density at radius 3 is 2.75 bits per heavy atom. The first kappa shape index (κ1) is 13.6. The maximum Gasteiger partial charge on any atom is 0.141 e. The Morgan fingerprint density at radius 2 is 2.19 bits per heavy atom. The fraction of sp³-hybridized carbons (Fsp3) is 0.455. The van der Waals surface area contributed by atoms with E-state index in [2.05, 4.69) is 5.32 Å². The molecule has 1 rings (SSSR count). The van der Waals surface area contributed by atoms with Crippen LogP contribution in [0, 0.1) is 5.82 Å². The minimum Gasteiger partial charge on any atom is -0.314 e. The molecule has 0 aliphatic rings. The molecule has 0 aliphatic heterocycles. The number of halogens is 2. The maximum absolute atomic E-state index is 12.9. The topological polar surface area (TPSA) is 29.1 Å². The first-order valence-corrected chi connectivity index (χ1v) is 6.77. The minimum absolute atomic E-state index is 0.0164. The van der Waals surface area contributed by atoms with Gasteiger partial charge in [0.2, 0.25) is 0 Å². The molecule has 0 fully saturated rings. The maximum atomic E-state index is 12.9. The molecule has 0 saturated heterocycles. The third-order valence-corrected chi connectivity index (χ3v) is 3.64. The van der Waals surface area contributed by atoms with Gasteiger partial charge in [-0.3, -0.25) is 4.21 Å². The SMILES string of the molecule is CC(C)NCCS(=O)c1ccc(F)c(Cl)c1. The first-order valence-electron chi connectivity index (χ1n) is 5.07. The Balaban J connectivity index is 2.56. The van der Waals surface area contributed by atoms with Crippen LogP contribution in [0.3, 0.4) is 0 Å². The first-order chi connectivity index (χ1) is 7.50. The van der Waals surface area contributed by atoms with E-state index < -0.39 is 16.6 Å². The lowest BCUT2D eigenvalue weighted by molar-refractivity contribution is 0.610. The van der Waals surface area contributed by atoms with Crippen LogP contribution in [0.25, 0.3) is 0 Å². The van der Waals surface area contributed by atoms with Crippen LogP contribution in [-0.4, -0.2) is 22.5 Å². The summed E-state index contributed by atoms with van der Waals surface area (Å²) in [6.07, 6.45) is 0. The molecule has 0 amide bonds. The Morgan fingerprint density at radius 1 is 1.50 bits per heavy atom. The second kappa shape index (κ2) is 6.33. The van der Waals surface area contributed by atoms with E-state index in [9.17, 15) is 8.60 Å². The van der Waals surface area contributed by atoms with Gasteiger partial charge >= 0.3 is 0 Å². The average molecular weight is 264 g/mol. The molecule has 0 spiro atoms. The van der Waals surface area contributed by atoms with E-state index in [4.69, 9.17) is 11.6 Å². The van der Waals surface area contributed by atoms with Crippen molar-refractivity contribution in [1.82, 2.24) is 5.32 Å². The van der Waals surface area contributed by atoms with Gasteiger partial charge in [0.05, 0.1) is 15.8 Å². The van der Waals surface area contributed by atoms with Crippen molar-refractivity contribution >= 4 is 22.4 Å². The number of hydrogen-bond acceptors (Lipinski definition) is 2. The van der Waals surface area contributed by atoms with Crippen molar-refractivity contribution in [3.05, 3.63) is 29.0 Å². The number of benzene rings is 1. The molecule has 0 bridgehead atoms. The quantitative estimate of drug-likeness (QED) is 0.885. The van der Waals surface area contributed by atoms with Crippen LogP contribution in [0.15, 0.2) is 23.1 Å². The zero-order valence-corrected chi connectivity index (χ0v) is 10.9. The molecule has 5 heteroatoms. The van der Waals surface area contributed by atoms with E-state index in [0.717, 1.165) is 0 Å². The molecule has 90 valence electrons. The van der Waals surface area contributed by atoms with Gasteiger partial charge in [-0.2, -0.15) is 0 Å². The van der Waals surface area contributed by atoms with Gasteiger partial charge in [0.15, 0.2) is 0 Å². The molecule has 0 aliphatic carbocycles. The molecule has 1 aromatic carbocycles. The van der Waals surface area contributed by atoms with E-state index in [1.807, 2.05) is 13.8 Å². The third-order valence-electron chi connectivity index (χ3n) is 1.99. The Bertz CT molecular complexity index is 384. The third kappa shape index (κ3) is 4.20. The normalized spacial score (nSPS) is 13.1. The van der Waals surface area contributed by atoms with Crippen LogP contribution >= 0.6 is 11.6 Å². The lowest BCUT2D eigenvalue weighted by Crippen LogP contribution is -2.27. The van der Waals surface area contributed by atoms with Gasteiger partial charge in [-0.15, -0.1) is 0 Å². The highest BCUT2D eigenvalue weighted by molar-refractivity contribution is 7.85. The summed E-state index contributed by atoms with van der Waals surface area (Å²) in [7, 11) is -1.13. The smallest absolute Gasteiger partial charge is 0.141 e. The predicted octanol–water partition coefficient (Wildman–Crippen LogP) is 2.58. The molecule has 1 N–H and O–H groups in total. The van der Waals surface area contributed by atoms with Crippen LogP contribution in [0.4, 0.5) is 4.39 Å². The van der Waals surface area contributed by atoms with Crippen molar-refractivity contribution in [2.45, 2.75) is 24.8 Å². The van der Waals surface area contributed by atoms with Crippen LogP contribution in [-0.2, 0) is 10.8 Å². The molecule has 0 aromatic heterocycles. The van der Waals surface area contributed by atoms with Gasteiger partial charge < -0.3 is 5.32 Å². The van der Waals surface area contributed by atoms with E-state index >= 15 is 0 Å². The highest BCUT2D eigenvalue weighted by Crippen LogP contribution is 2.18. The molecule has 1 aromatic rings. The Hall–Kier alpha value is -0.450. The Labute approximate surface area is 103 Å². The van der Waals surface area contributed by atoms with Gasteiger partial charge in [0.25, 0.3) is 0 Å². The largest absolute Gasteiger partial charge is 0.314 e. The average Bonchev–Trinajstić information content (AvgIpc) is 2.21. The summed E-state index contributed by atoms with van der Waals surface area (Å²) < 4.78 is 24.7. The van der Waals surface area contributed by atoms with E-state index in [1.54, 1.807) is 0 Å². The van der Waals surface area contributed by atoms with Gasteiger partial charge in [0.1, 0.15) is 5.82 Å². The summed E-state index contributed by atoms with van der Waals surface area (Å²) in [5.41, 5.74) is 0. The number of rotatable bonds is 5. The molecule has 0 heterocycles. The second-order valence-corrected chi connectivity index (χ2v) is 5.71. The van der Waals surface area contributed by atoms with Crippen LogP contribution < -0.4 is 5.32 Å². The lowest BCUT2D eigenvalue weighted by atomic mass is 10.3. The van der Waals surface area contributed by atoms with Crippen molar-refractivity contribution in [2.75, 3.05) is 12.3 Å². The lowest BCUT2D eigenvalue weighted by Gasteiger charge is -2.07. The van der Waals surface area contributed by atoms with Crippen molar-refractivity contribution in [2.24, 2.45) is 0 Å². The highest BCUT2D eigenvalue weighted by atomic mass is 35.5. The van der Waals surface area contributed by atoms with Crippen LogP contribution in [0.5, 0.6) is 0 Å². The minimum atomic E-state index is -1.13. The standard InChI is InChI=1S/C11H15ClFNOS/c1-8(2)14-5-6-16(15)9-3-4-11(13)10(12)7-9/h3-4,7-8,14H,5-6H2,1-2H3. The molecule has 0 saturated carbocycles. The summed E-state index contributed by atoms with van der Waals surface area (Å²) in [5.74, 6) is 0.0165. The van der Waals surface area contributed by atoms with E-state index in [-0.39, 0.29) is 5.02 Å².